The molecule has 0 unspecified atom stereocenters. The van der Waals surface area contributed by atoms with Gasteiger partial charge in [-0.25, -0.2) is 0 Å². The second kappa shape index (κ2) is 1.37. The molecule has 5 heteroatoms. The van der Waals surface area contributed by atoms with E-state index in [1.165, 1.54) is 0 Å². The van der Waals surface area contributed by atoms with E-state index in [0.717, 1.165) is 0 Å². The van der Waals surface area contributed by atoms with Crippen LogP contribution in [0.25, 0.3) is 0 Å². The fraction of sp³-hybridized carbons (Fsp3) is 0. The van der Waals surface area contributed by atoms with Crippen molar-refractivity contribution in [3.05, 3.63) is 0 Å². The van der Waals surface area contributed by atoms with E-state index in [1.807, 2.05) is 0 Å². The number of hydrogen-bond donors (Lipinski definition) is 3. The third-order valence-electron chi connectivity index (χ3n) is 0. The first-order valence-electron chi connectivity index (χ1n) is 0.827. The van der Waals surface area contributed by atoms with Crippen LogP contribution in [-0.4, -0.2) is 9.79 Å². The Hall–Kier alpha value is 0.600. The molecule has 0 bridgehead atoms. The maximum absolute atomic E-state index is 7.73. The van der Waals surface area contributed by atoms with Crippen LogP contribution in [0.2, 0.25) is 0 Å². The summed E-state index contributed by atoms with van der Waals surface area (Å²) >= 11 is 4.53. The Balaban J connectivity index is 3.02. The molecule has 0 fully saturated rings. The second-order valence-electron chi connectivity index (χ2n) is 0.569. The van der Waals surface area contributed by atoms with Gasteiger partial charge in [0, 0.05) is 0 Å². The van der Waals surface area contributed by atoms with Gasteiger partial charge in [-0.2, -0.15) is 9.79 Å². The highest BCUT2D eigenvalue weighted by Crippen LogP contribution is 2.45. The first-order valence-corrected chi connectivity index (χ1v) is 3.50. The molecule has 0 rings (SSSR count). The summed E-state index contributed by atoms with van der Waals surface area (Å²) < 4.78 is 0. The van der Waals surface area contributed by atoms with Crippen LogP contribution in [-0.2, 0) is 0 Å². The highest BCUT2D eigenvalue weighted by molar-refractivity contribution is 7.88. The minimum absolute atomic E-state index is 3.42. The van der Waals surface area contributed by atoms with Crippen molar-refractivity contribution in [3.8, 4) is 0 Å². The summed E-state index contributed by atoms with van der Waals surface area (Å²) in [6, 6.07) is 0. The Morgan fingerprint density at radius 1 is 1.60 bits per heavy atom. The summed E-state index contributed by atoms with van der Waals surface area (Å²) in [5, 5.41) is 0. The molecule has 0 atom stereocenters. The van der Waals surface area contributed by atoms with Crippen LogP contribution in [0.3, 0.4) is 0 Å². The number of rotatable bonds is 0. The molecule has 0 spiro atoms. The third-order valence-corrected chi connectivity index (χ3v) is 0. The van der Waals surface area contributed by atoms with Gasteiger partial charge in [-0.05, 0) is 0 Å². The van der Waals surface area contributed by atoms with E-state index in [4.69, 9.17) is 9.79 Å². The molecule has 0 saturated carbocycles. The van der Waals surface area contributed by atoms with Crippen LogP contribution < -0.4 is 5.50 Å². The maximum Gasteiger partial charge on any atom is 0.446 e. The summed E-state index contributed by atoms with van der Waals surface area (Å²) in [6.07, 6.45) is 0. The zero-order chi connectivity index (χ0) is 4.50. The summed E-state index contributed by atoms with van der Waals surface area (Å²) in [6.45, 7) is 0. The predicted octanol–water partition coefficient (Wildman–Crippen LogP) is -0.154. The fourth-order valence-electron chi connectivity index (χ4n) is 0. The average Bonchev–Trinajstić information content (AvgIpc) is 0.722. The van der Waals surface area contributed by atoms with E-state index < -0.39 is 7.22 Å². The van der Waals surface area contributed by atoms with Crippen molar-refractivity contribution in [1.82, 2.24) is 0 Å². The third kappa shape index (κ3) is 86.4. The van der Waals surface area contributed by atoms with Crippen LogP contribution in [0, 0.1) is 0 Å². The monoisotopic (exact) mass is 116 g/mol. The average molecular weight is 116 g/mol. The predicted molar refractivity (Wildman–Crippen MR) is 21.4 cm³/mol. The van der Waals surface area contributed by atoms with Crippen LogP contribution in [0.1, 0.15) is 0 Å². The number of halogens is 1. The molecule has 0 amide bonds. The first-order chi connectivity index (χ1) is 2.00. The molecule has 0 radical (unpaired) electrons. The van der Waals surface area contributed by atoms with Gasteiger partial charge in [0.15, 0.2) is 11.2 Å². The van der Waals surface area contributed by atoms with Gasteiger partial charge in [-0.15, -0.1) is 5.50 Å². The zero-order valence-electron chi connectivity index (χ0n) is 2.30. The molecule has 3 nitrogen and oxygen atoms in total. The van der Waals surface area contributed by atoms with Gasteiger partial charge in [-0.3, -0.25) is 0 Å². The lowest BCUT2D eigenvalue weighted by Crippen LogP contribution is -1.90. The Morgan fingerprint density at radius 2 is 1.60 bits per heavy atom. The van der Waals surface area contributed by atoms with E-state index >= 15 is 0 Å². The highest BCUT2D eigenvalue weighted by Gasteiger charge is 2.20. The SMILES string of the molecule is N[P+](O)(O)Cl. The van der Waals surface area contributed by atoms with Crippen molar-refractivity contribution in [1.29, 1.82) is 0 Å². The van der Waals surface area contributed by atoms with Crippen molar-refractivity contribution in [2.24, 2.45) is 5.50 Å². The van der Waals surface area contributed by atoms with Gasteiger partial charge in [0.2, 0.25) is 0 Å². The Labute approximate surface area is 34.7 Å². The summed E-state index contributed by atoms with van der Waals surface area (Å²) in [5.41, 5.74) is 4.34. The molecular weight excluding hydrogens is 112 g/mol. The van der Waals surface area contributed by atoms with Crippen molar-refractivity contribution in [3.63, 3.8) is 0 Å². The molecule has 0 aliphatic carbocycles. The Kier molecular flexibility index (Phi) is 1.53. The second-order valence-corrected chi connectivity index (χ2v) is 3.20. The largest absolute Gasteiger partial charge is 0.446 e. The van der Waals surface area contributed by atoms with Crippen LogP contribution in [0.4, 0.5) is 0 Å². The number of hydrogen-bond acceptors (Lipinski definition) is 3. The molecule has 0 aromatic carbocycles. The lowest BCUT2D eigenvalue weighted by molar-refractivity contribution is 0.474. The molecule has 32 valence electrons. The smallest absolute Gasteiger partial charge is 0.188 e. The molecule has 0 heterocycles. The van der Waals surface area contributed by atoms with Crippen molar-refractivity contribution in [2.75, 3.05) is 0 Å². The van der Waals surface area contributed by atoms with Gasteiger partial charge in [0.1, 0.15) is 0 Å². The van der Waals surface area contributed by atoms with Crippen LogP contribution >= 0.6 is 18.5 Å². The molecule has 4 N–H and O–H groups in total. The lowest BCUT2D eigenvalue weighted by atomic mass is 13.9. The molecule has 0 aliphatic heterocycles. The van der Waals surface area contributed by atoms with Gasteiger partial charge in [0.25, 0.3) is 0 Å². The first kappa shape index (κ1) is 5.60. The van der Waals surface area contributed by atoms with Crippen LogP contribution in [0.5, 0.6) is 0 Å². The topological polar surface area (TPSA) is 66.5 Å². The maximum atomic E-state index is 7.73. The van der Waals surface area contributed by atoms with Crippen molar-refractivity contribution < 1.29 is 9.79 Å². The van der Waals surface area contributed by atoms with Gasteiger partial charge < -0.3 is 0 Å². The summed E-state index contributed by atoms with van der Waals surface area (Å²) in [7, 11) is -3.42. The molecule has 5 heavy (non-hydrogen) atoms. The van der Waals surface area contributed by atoms with E-state index in [-0.39, 0.29) is 0 Å². The van der Waals surface area contributed by atoms with E-state index in [9.17, 15) is 0 Å². The van der Waals surface area contributed by atoms with Gasteiger partial charge >= 0.3 is 7.22 Å². The molecule has 0 aliphatic rings. The quantitative estimate of drug-likeness (QED) is 0.386. The summed E-state index contributed by atoms with van der Waals surface area (Å²) in [4.78, 5) is 15.5. The Bertz CT molecular complexity index is 25.1. The minimum atomic E-state index is -3.42. The van der Waals surface area contributed by atoms with E-state index in [1.54, 1.807) is 0 Å². The van der Waals surface area contributed by atoms with Crippen molar-refractivity contribution in [2.45, 2.75) is 0 Å². The standard InChI is InChI=1S/ClH4NO2P/c1-5(2,3)4/h3-4H,2H2/q+1. The van der Waals surface area contributed by atoms with E-state index in [2.05, 4.69) is 16.7 Å². The zero-order valence-corrected chi connectivity index (χ0v) is 3.95. The lowest BCUT2D eigenvalue weighted by Gasteiger charge is -1.84. The van der Waals surface area contributed by atoms with Gasteiger partial charge in [-0.1, -0.05) is 0 Å². The van der Waals surface area contributed by atoms with Crippen molar-refractivity contribution >= 4 is 18.5 Å². The number of nitrogens with two attached hydrogens (primary N) is 1. The van der Waals surface area contributed by atoms with Gasteiger partial charge in [0.05, 0.1) is 0 Å². The normalized spacial score (nSPS) is 12.0. The molecule has 0 aromatic heterocycles. The summed E-state index contributed by atoms with van der Waals surface area (Å²) in [5.74, 6) is 0. The fourth-order valence-corrected chi connectivity index (χ4v) is 0. The molecular formula is H4ClNO2P+. The highest BCUT2D eigenvalue weighted by atomic mass is 35.7. The minimum Gasteiger partial charge on any atom is -0.188 e. The Morgan fingerprint density at radius 3 is 1.60 bits per heavy atom. The van der Waals surface area contributed by atoms with E-state index in [0.29, 0.717) is 0 Å². The molecule has 0 aromatic rings. The van der Waals surface area contributed by atoms with Crippen LogP contribution in [0.15, 0.2) is 0 Å². The molecule has 0 saturated heterocycles.